The normalized spacial score (nSPS) is 14.9. The van der Waals surface area contributed by atoms with E-state index in [2.05, 4.69) is 20.4 Å². The van der Waals surface area contributed by atoms with Gasteiger partial charge >= 0.3 is 0 Å². The third-order valence-electron chi connectivity index (χ3n) is 3.95. The third-order valence-corrected chi connectivity index (χ3v) is 4.71. The van der Waals surface area contributed by atoms with Crippen molar-refractivity contribution in [3.8, 4) is 11.5 Å². The Bertz CT molecular complexity index is 713. The SMILES string of the molecule is COc1cc(C=NNc2nc(N)cs2)ccc1OCCN1CCCC1. The van der Waals surface area contributed by atoms with Gasteiger partial charge in [-0.2, -0.15) is 5.10 Å². The van der Waals surface area contributed by atoms with Gasteiger partial charge in [-0.1, -0.05) is 0 Å². The maximum atomic E-state index is 5.87. The zero-order valence-corrected chi connectivity index (χ0v) is 15.1. The van der Waals surface area contributed by atoms with E-state index >= 15 is 0 Å². The van der Waals surface area contributed by atoms with Crippen LogP contribution in [0.2, 0.25) is 0 Å². The molecule has 8 heteroatoms. The fourth-order valence-electron chi connectivity index (χ4n) is 2.67. The monoisotopic (exact) mass is 361 g/mol. The third kappa shape index (κ3) is 5.07. The van der Waals surface area contributed by atoms with E-state index in [1.165, 1.54) is 37.3 Å². The van der Waals surface area contributed by atoms with Crippen molar-refractivity contribution in [1.82, 2.24) is 9.88 Å². The first kappa shape index (κ1) is 17.5. The summed E-state index contributed by atoms with van der Waals surface area (Å²) in [5.41, 5.74) is 9.32. The lowest BCUT2D eigenvalue weighted by atomic mass is 10.2. The van der Waals surface area contributed by atoms with Gasteiger partial charge in [0.1, 0.15) is 12.4 Å². The molecule has 7 nitrogen and oxygen atoms in total. The highest BCUT2D eigenvalue weighted by molar-refractivity contribution is 7.14. The van der Waals surface area contributed by atoms with Crippen molar-refractivity contribution in [2.75, 3.05) is 44.5 Å². The summed E-state index contributed by atoms with van der Waals surface area (Å²) in [6.45, 7) is 3.96. The topological polar surface area (TPSA) is 85.0 Å². The van der Waals surface area contributed by atoms with Gasteiger partial charge in [-0.25, -0.2) is 4.98 Å². The van der Waals surface area contributed by atoms with Crippen LogP contribution >= 0.6 is 11.3 Å². The molecule has 0 radical (unpaired) electrons. The van der Waals surface area contributed by atoms with Crippen LogP contribution in [0, 0.1) is 0 Å². The van der Waals surface area contributed by atoms with Crippen molar-refractivity contribution in [1.29, 1.82) is 0 Å². The number of nitrogens with one attached hydrogen (secondary N) is 1. The van der Waals surface area contributed by atoms with E-state index in [9.17, 15) is 0 Å². The number of methoxy groups -OCH3 is 1. The lowest BCUT2D eigenvalue weighted by Crippen LogP contribution is -2.25. The average molecular weight is 361 g/mol. The van der Waals surface area contributed by atoms with Gasteiger partial charge in [-0.3, -0.25) is 10.3 Å². The van der Waals surface area contributed by atoms with E-state index in [0.29, 0.717) is 23.3 Å². The van der Waals surface area contributed by atoms with Crippen LogP contribution in [0.25, 0.3) is 0 Å². The quantitative estimate of drug-likeness (QED) is 0.555. The van der Waals surface area contributed by atoms with Crippen LogP contribution in [0.3, 0.4) is 0 Å². The van der Waals surface area contributed by atoms with E-state index in [1.807, 2.05) is 18.2 Å². The van der Waals surface area contributed by atoms with Gasteiger partial charge in [-0.15, -0.1) is 11.3 Å². The minimum atomic E-state index is 0.486. The Hall–Kier alpha value is -2.32. The van der Waals surface area contributed by atoms with E-state index in [-0.39, 0.29) is 0 Å². The van der Waals surface area contributed by atoms with Gasteiger partial charge < -0.3 is 15.2 Å². The van der Waals surface area contributed by atoms with Gasteiger partial charge in [0.25, 0.3) is 0 Å². The molecule has 0 aliphatic carbocycles. The number of hydrogen-bond donors (Lipinski definition) is 2. The smallest absolute Gasteiger partial charge is 0.205 e. The molecule has 25 heavy (non-hydrogen) atoms. The van der Waals surface area contributed by atoms with Crippen molar-refractivity contribution < 1.29 is 9.47 Å². The molecule has 134 valence electrons. The first-order chi connectivity index (χ1) is 12.2. The van der Waals surface area contributed by atoms with Gasteiger partial charge in [-0.05, 0) is 49.7 Å². The number of ether oxygens (including phenoxy) is 2. The maximum Gasteiger partial charge on any atom is 0.205 e. The Morgan fingerprint density at radius 1 is 1.36 bits per heavy atom. The lowest BCUT2D eigenvalue weighted by molar-refractivity contribution is 0.230. The lowest BCUT2D eigenvalue weighted by Gasteiger charge is -2.16. The fourth-order valence-corrected chi connectivity index (χ4v) is 3.22. The number of nitrogen functional groups attached to an aromatic ring is 1. The molecule has 1 aromatic heterocycles. The van der Waals surface area contributed by atoms with Gasteiger partial charge in [0.05, 0.1) is 13.3 Å². The second-order valence-electron chi connectivity index (χ2n) is 5.76. The largest absolute Gasteiger partial charge is 0.493 e. The molecule has 1 saturated heterocycles. The molecule has 1 aliphatic heterocycles. The Morgan fingerprint density at radius 2 is 2.20 bits per heavy atom. The Morgan fingerprint density at radius 3 is 2.92 bits per heavy atom. The molecule has 1 fully saturated rings. The molecule has 0 unspecified atom stereocenters. The number of nitrogens with two attached hydrogens (primary N) is 1. The summed E-state index contributed by atoms with van der Waals surface area (Å²) in [5.74, 6) is 1.93. The van der Waals surface area contributed by atoms with Crippen molar-refractivity contribution in [3.05, 3.63) is 29.1 Å². The summed E-state index contributed by atoms with van der Waals surface area (Å²) in [7, 11) is 1.64. The molecule has 0 atom stereocenters. The molecule has 1 aromatic carbocycles. The number of nitrogens with zero attached hydrogens (tertiary/aromatic N) is 3. The summed E-state index contributed by atoms with van der Waals surface area (Å²) in [6.07, 6.45) is 4.28. The number of rotatable bonds is 8. The molecular formula is C17H23N5O2S. The molecular weight excluding hydrogens is 338 g/mol. The molecule has 0 saturated carbocycles. The highest BCUT2D eigenvalue weighted by atomic mass is 32.1. The van der Waals surface area contributed by atoms with Gasteiger partial charge in [0.2, 0.25) is 5.13 Å². The van der Waals surface area contributed by atoms with Crippen molar-refractivity contribution in [3.63, 3.8) is 0 Å². The van der Waals surface area contributed by atoms with Crippen molar-refractivity contribution >= 4 is 28.5 Å². The van der Waals surface area contributed by atoms with Crippen LogP contribution in [0.5, 0.6) is 11.5 Å². The first-order valence-electron chi connectivity index (χ1n) is 8.28. The molecule has 0 amide bonds. The Kier molecular flexibility index (Phi) is 6.08. The summed E-state index contributed by atoms with van der Waals surface area (Å²) in [6, 6.07) is 5.74. The number of hydrazone groups is 1. The number of aromatic nitrogens is 1. The predicted molar refractivity (Wildman–Crippen MR) is 102 cm³/mol. The highest BCUT2D eigenvalue weighted by Crippen LogP contribution is 2.27. The molecule has 3 rings (SSSR count). The molecule has 0 spiro atoms. The number of anilines is 2. The van der Waals surface area contributed by atoms with E-state index < -0.39 is 0 Å². The minimum absolute atomic E-state index is 0.486. The van der Waals surface area contributed by atoms with Crippen LogP contribution in [-0.4, -0.2) is 49.4 Å². The number of thiazole rings is 1. The van der Waals surface area contributed by atoms with E-state index in [0.717, 1.165) is 17.9 Å². The number of hydrogen-bond acceptors (Lipinski definition) is 8. The molecule has 2 aromatic rings. The van der Waals surface area contributed by atoms with Crippen LogP contribution in [0.1, 0.15) is 18.4 Å². The van der Waals surface area contributed by atoms with Crippen LogP contribution < -0.4 is 20.6 Å². The molecule has 1 aliphatic rings. The number of likely N-dealkylation sites (tertiary alicyclic amines) is 1. The predicted octanol–water partition coefficient (Wildman–Crippen LogP) is 2.65. The first-order valence-corrected chi connectivity index (χ1v) is 9.16. The summed E-state index contributed by atoms with van der Waals surface area (Å²) in [4.78, 5) is 6.50. The second-order valence-corrected chi connectivity index (χ2v) is 6.61. The summed E-state index contributed by atoms with van der Waals surface area (Å²) >= 11 is 1.40. The highest BCUT2D eigenvalue weighted by Gasteiger charge is 2.12. The fraction of sp³-hybridized carbons (Fsp3) is 0.412. The minimum Gasteiger partial charge on any atom is -0.493 e. The maximum absolute atomic E-state index is 5.87. The summed E-state index contributed by atoms with van der Waals surface area (Å²) < 4.78 is 11.3. The standard InChI is InChI=1S/C17H23N5O2S/c1-23-15-10-13(11-19-21-17-20-16(18)12-25-17)4-5-14(15)24-9-8-22-6-2-3-7-22/h4-5,10-12H,2-3,6-9,18H2,1H3,(H,20,21). The Labute approximate surface area is 151 Å². The van der Waals surface area contributed by atoms with Crippen LogP contribution in [0.15, 0.2) is 28.7 Å². The molecule has 0 bridgehead atoms. The summed E-state index contributed by atoms with van der Waals surface area (Å²) in [5, 5.41) is 6.57. The van der Waals surface area contributed by atoms with Crippen LogP contribution in [-0.2, 0) is 0 Å². The average Bonchev–Trinajstić information content (AvgIpc) is 3.27. The van der Waals surface area contributed by atoms with Gasteiger partial charge in [0, 0.05) is 11.9 Å². The van der Waals surface area contributed by atoms with Crippen molar-refractivity contribution in [2.45, 2.75) is 12.8 Å². The van der Waals surface area contributed by atoms with E-state index in [4.69, 9.17) is 15.2 Å². The number of benzene rings is 1. The second kappa shape index (κ2) is 8.68. The van der Waals surface area contributed by atoms with Crippen LogP contribution in [0.4, 0.5) is 10.9 Å². The van der Waals surface area contributed by atoms with Gasteiger partial charge in [0.15, 0.2) is 11.5 Å². The Balaban J connectivity index is 1.54. The molecule has 3 N–H and O–H groups in total. The zero-order chi connectivity index (χ0) is 17.5. The van der Waals surface area contributed by atoms with E-state index in [1.54, 1.807) is 18.7 Å². The van der Waals surface area contributed by atoms with Crippen molar-refractivity contribution in [2.24, 2.45) is 5.10 Å². The zero-order valence-electron chi connectivity index (χ0n) is 14.3. The molecule has 2 heterocycles.